The first kappa shape index (κ1) is 11.7. The summed E-state index contributed by atoms with van der Waals surface area (Å²) in [5.74, 6) is 0.564. The predicted octanol–water partition coefficient (Wildman–Crippen LogP) is 1.01. The van der Waals surface area contributed by atoms with E-state index in [0.29, 0.717) is 12.4 Å². The van der Waals surface area contributed by atoms with Gasteiger partial charge in [0, 0.05) is 36.8 Å². The molecule has 0 aliphatic rings. The zero-order valence-electron chi connectivity index (χ0n) is 10.3. The van der Waals surface area contributed by atoms with Crippen LogP contribution in [0.25, 0.3) is 10.9 Å². The summed E-state index contributed by atoms with van der Waals surface area (Å²) in [5.41, 5.74) is 14.9. The summed E-state index contributed by atoms with van der Waals surface area (Å²) in [7, 11) is 3.74. The number of hydrogen-bond donors (Lipinski definition) is 2. The van der Waals surface area contributed by atoms with Crippen LogP contribution in [0, 0.1) is 0 Å². The van der Waals surface area contributed by atoms with Crippen molar-refractivity contribution in [2.24, 2.45) is 23.5 Å². The van der Waals surface area contributed by atoms with Crippen molar-refractivity contribution in [3.63, 3.8) is 0 Å². The van der Waals surface area contributed by atoms with Crippen LogP contribution in [0.4, 0.5) is 0 Å². The van der Waals surface area contributed by atoms with Gasteiger partial charge in [-0.2, -0.15) is 0 Å². The molecule has 0 saturated carbocycles. The number of nitrogens with two attached hydrogens (primary N) is 2. The number of benzene rings is 1. The molecule has 0 atom stereocenters. The Morgan fingerprint density at radius 1 is 1.41 bits per heavy atom. The van der Waals surface area contributed by atoms with Crippen LogP contribution >= 0.6 is 0 Å². The molecule has 17 heavy (non-hydrogen) atoms. The molecule has 0 amide bonds. The monoisotopic (exact) mass is 230 g/mol. The van der Waals surface area contributed by atoms with Gasteiger partial charge >= 0.3 is 0 Å². The van der Waals surface area contributed by atoms with Crippen LogP contribution in [0.15, 0.2) is 29.4 Å². The number of hydrogen-bond acceptors (Lipinski definition) is 2. The maximum Gasteiger partial charge on any atom is 0.125 e. The van der Waals surface area contributed by atoms with E-state index in [1.54, 1.807) is 7.05 Å². The van der Waals surface area contributed by atoms with E-state index >= 15 is 0 Å². The quantitative estimate of drug-likeness (QED) is 0.610. The number of aromatic nitrogens is 1. The number of nitrogens with zero attached hydrogens (tertiary/aromatic N) is 2. The summed E-state index contributed by atoms with van der Waals surface area (Å²) in [6, 6.07) is 6.16. The van der Waals surface area contributed by atoms with E-state index < -0.39 is 0 Å². The minimum atomic E-state index is 0.564. The largest absolute Gasteiger partial charge is 0.384 e. The molecule has 0 bridgehead atoms. The van der Waals surface area contributed by atoms with Gasteiger partial charge in [0.05, 0.1) is 0 Å². The third kappa shape index (κ3) is 2.03. The highest BCUT2D eigenvalue weighted by Crippen LogP contribution is 2.22. The Hall–Kier alpha value is -1.81. The van der Waals surface area contributed by atoms with Gasteiger partial charge in [-0.15, -0.1) is 0 Å². The van der Waals surface area contributed by atoms with Gasteiger partial charge in [0.2, 0.25) is 0 Å². The molecule has 1 aromatic heterocycles. The number of fused-ring (bicyclic) bond motifs is 1. The fourth-order valence-corrected chi connectivity index (χ4v) is 2.12. The van der Waals surface area contributed by atoms with Gasteiger partial charge in [-0.3, -0.25) is 4.99 Å². The third-order valence-electron chi connectivity index (χ3n) is 3.02. The van der Waals surface area contributed by atoms with Crippen LogP contribution in [0.2, 0.25) is 0 Å². The van der Waals surface area contributed by atoms with Gasteiger partial charge in [-0.1, -0.05) is 0 Å². The van der Waals surface area contributed by atoms with E-state index in [4.69, 9.17) is 11.5 Å². The van der Waals surface area contributed by atoms with Crippen LogP contribution in [0.1, 0.15) is 11.1 Å². The second kappa shape index (κ2) is 4.59. The molecular formula is C13H18N4. The average Bonchev–Trinajstić information content (AvgIpc) is 2.65. The SMILES string of the molecule is CN=C(N)c1ccc2c(c1)c(CCN)cn2C. The fraction of sp³-hybridized carbons (Fsp3) is 0.308. The lowest BCUT2D eigenvalue weighted by Crippen LogP contribution is -2.12. The first-order chi connectivity index (χ1) is 8.17. The van der Waals surface area contributed by atoms with E-state index in [9.17, 15) is 0 Å². The molecule has 0 aliphatic heterocycles. The van der Waals surface area contributed by atoms with Gasteiger partial charge in [-0.25, -0.2) is 0 Å². The Morgan fingerprint density at radius 3 is 2.82 bits per heavy atom. The van der Waals surface area contributed by atoms with Crippen LogP contribution < -0.4 is 11.5 Å². The Balaban J connectivity index is 2.62. The molecule has 4 N–H and O–H groups in total. The van der Waals surface area contributed by atoms with Crippen LogP contribution in [-0.2, 0) is 13.5 Å². The number of aryl methyl sites for hydroxylation is 1. The molecule has 1 aromatic carbocycles. The molecule has 4 heteroatoms. The predicted molar refractivity (Wildman–Crippen MR) is 72.3 cm³/mol. The molecule has 0 saturated heterocycles. The Labute approximate surface area is 101 Å². The first-order valence-corrected chi connectivity index (χ1v) is 5.68. The summed E-state index contributed by atoms with van der Waals surface area (Å²) in [4.78, 5) is 4.01. The molecule has 0 unspecified atom stereocenters. The summed E-state index contributed by atoms with van der Waals surface area (Å²) in [6.07, 6.45) is 3.00. The Kier molecular flexibility index (Phi) is 3.15. The molecule has 2 aromatic rings. The Bertz CT molecular complexity index is 566. The molecule has 0 aliphatic carbocycles. The second-order valence-corrected chi connectivity index (χ2v) is 4.14. The highest BCUT2D eigenvalue weighted by molar-refractivity contribution is 6.01. The van der Waals surface area contributed by atoms with Gasteiger partial charge in [-0.05, 0) is 36.7 Å². The average molecular weight is 230 g/mol. The van der Waals surface area contributed by atoms with Crippen molar-refractivity contribution in [2.45, 2.75) is 6.42 Å². The topological polar surface area (TPSA) is 69.3 Å². The van der Waals surface area contributed by atoms with Crippen molar-refractivity contribution < 1.29 is 0 Å². The van der Waals surface area contributed by atoms with Crippen molar-refractivity contribution >= 4 is 16.7 Å². The lowest BCUT2D eigenvalue weighted by molar-refractivity contribution is 0.929. The van der Waals surface area contributed by atoms with Crippen molar-refractivity contribution in [3.8, 4) is 0 Å². The lowest BCUT2D eigenvalue weighted by Gasteiger charge is -2.02. The minimum absolute atomic E-state index is 0.564. The molecule has 1 heterocycles. The highest BCUT2D eigenvalue weighted by Gasteiger charge is 2.07. The zero-order chi connectivity index (χ0) is 12.4. The second-order valence-electron chi connectivity index (χ2n) is 4.14. The van der Waals surface area contributed by atoms with Crippen molar-refractivity contribution in [2.75, 3.05) is 13.6 Å². The van der Waals surface area contributed by atoms with Gasteiger partial charge < -0.3 is 16.0 Å². The van der Waals surface area contributed by atoms with E-state index in [1.807, 2.05) is 13.1 Å². The summed E-state index contributed by atoms with van der Waals surface area (Å²) in [5, 5.41) is 1.21. The molecule has 4 nitrogen and oxygen atoms in total. The zero-order valence-corrected chi connectivity index (χ0v) is 10.3. The molecule has 0 spiro atoms. The standard InChI is InChI=1S/C13H18N4/c1-16-13(15)9-3-4-12-11(7-9)10(5-6-14)8-17(12)2/h3-4,7-8H,5-6,14H2,1-2H3,(H2,15,16). The van der Waals surface area contributed by atoms with Crippen LogP contribution in [0.5, 0.6) is 0 Å². The van der Waals surface area contributed by atoms with Crippen molar-refractivity contribution in [3.05, 3.63) is 35.5 Å². The van der Waals surface area contributed by atoms with E-state index in [1.165, 1.54) is 16.5 Å². The molecular weight excluding hydrogens is 212 g/mol. The first-order valence-electron chi connectivity index (χ1n) is 5.68. The van der Waals surface area contributed by atoms with Gasteiger partial charge in [0.1, 0.15) is 5.84 Å². The minimum Gasteiger partial charge on any atom is -0.384 e. The van der Waals surface area contributed by atoms with Crippen molar-refractivity contribution in [1.29, 1.82) is 0 Å². The molecule has 2 rings (SSSR count). The van der Waals surface area contributed by atoms with E-state index in [2.05, 4.69) is 27.9 Å². The lowest BCUT2D eigenvalue weighted by atomic mass is 10.1. The third-order valence-corrected chi connectivity index (χ3v) is 3.02. The normalized spacial score (nSPS) is 12.3. The maximum atomic E-state index is 5.83. The summed E-state index contributed by atoms with van der Waals surface area (Å²) < 4.78 is 2.11. The number of aliphatic imine (C=N–C) groups is 1. The highest BCUT2D eigenvalue weighted by atomic mass is 14.9. The number of rotatable bonds is 3. The number of amidine groups is 1. The molecule has 90 valence electrons. The van der Waals surface area contributed by atoms with Gasteiger partial charge in [0.15, 0.2) is 0 Å². The van der Waals surface area contributed by atoms with Crippen LogP contribution in [0.3, 0.4) is 0 Å². The fourth-order valence-electron chi connectivity index (χ4n) is 2.12. The Morgan fingerprint density at radius 2 is 2.18 bits per heavy atom. The molecule has 0 radical (unpaired) electrons. The van der Waals surface area contributed by atoms with Gasteiger partial charge in [0.25, 0.3) is 0 Å². The smallest absolute Gasteiger partial charge is 0.125 e. The van der Waals surface area contributed by atoms with Crippen LogP contribution in [-0.4, -0.2) is 24.0 Å². The van der Waals surface area contributed by atoms with E-state index in [0.717, 1.165) is 12.0 Å². The van der Waals surface area contributed by atoms with Crippen molar-refractivity contribution in [1.82, 2.24) is 4.57 Å². The summed E-state index contributed by atoms with van der Waals surface area (Å²) >= 11 is 0. The molecule has 0 fully saturated rings. The maximum absolute atomic E-state index is 5.83. The van der Waals surface area contributed by atoms with E-state index in [-0.39, 0.29) is 0 Å². The summed E-state index contributed by atoms with van der Waals surface area (Å²) in [6.45, 7) is 0.653.